The molecule has 2 rings (SSSR count). The van der Waals surface area contributed by atoms with Crippen molar-refractivity contribution >= 4 is 23.4 Å². The lowest BCUT2D eigenvalue weighted by Crippen LogP contribution is -2.49. The summed E-state index contributed by atoms with van der Waals surface area (Å²) in [6.45, 7) is 13.9. The highest BCUT2D eigenvalue weighted by Crippen LogP contribution is 2.26. The molecule has 0 aromatic heterocycles. The van der Waals surface area contributed by atoms with Gasteiger partial charge in [0, 0.05) is 43.4 Å². The van der Waals surface area contributed by atoms with Crippen molar-refractivity contribution in [1.29, 1.82) is 0 Å². The second-order valence-electron chi connectivity index (χ2n) is 6.61. The van der Waals surface area contributed by atoms with Gasteiger partial charge in [-0.1, -0.05) is 32.1 Å². The van der Waals surface area contributed by atoms with Crippen LogP contribution in [-0.4, -0.2) is 60.7 Å². The first kappa shape index (κ1) is 19.0. The van der Waals surface area contributed by atoms with Crippen molar-refractivity contribution in [3.8, 4) is 0 Å². The predicted octanol–water partition coefficient (Wildman–Crippen LogP) is 3.18. The Kier molecular flexibility index (Phi) is 7.82. The third kappa shape index (κ3) is 6.30. The van der Waals surface area contributed by atoms with Gasteiger partial charge in [0.15, 0.2) is 0 Å². The highest BCUT2D eigenvalue weighted by Gasteiger charge is 2.19. The number of rotatable bonds is 8. The molecule has 0 radical (unpaired) electrons. The van der Waals surface area contributed by atoms with Crippen LogP contribution in [0.2, 0.25) is 0 Å². The molecular weight excluding hydrogens is 318 g/mol. The van der Waals surface area contributed by atoms with Crippen molar-refractivity contribution in [3.05, 3.63) is 36.9 Å². The highest BCUT2D eigenvalue weighted by atomic mass is 32.2. The van der Waals surface area contributed by atoms with Crippen LogP contribution in [0.1, 0.15) is 13.8 Å². The smallest absolute Gasteiger partial charge is 0.238 e. The number of hydrogen-bond donors (Lipinski definition) is 1. The summed E-state index contributed by atoms with van der Waals surface area (Å²) in [6, 6.07) is 7.95. The van der Waals surface area contributed by atoms with E-state index in [1.807, 2.05) is 30.3 Å². The number of carbonyl (C=O) groups excluding carboxylic acids is 1. The molecule has 0 spiro atoms. The molecule has 0 atom stereocenters. The molecule has 1 aliphatic rings. The predicted molar refractivity (Wildman–Crippen MR) is 104 cm³/mol. The zero-order chi connectivity index (χ0) is 17.4. The number of carbonyl (C=O) groups is 1. The number of piperazine rings is 1. The molecular formula is C19H29N3OS. The Morgan fingerprint density at radius 1 is 1.25 bits per heavy atom. The largest absolute Gasteiger partial charge is 0.324 e. The van der Waals surface area contributed by atoms with Gasteiger partial charge in [0.2, 0.25) is 5.91 Å². The van der Waals surface area contributed by atoms with Crippen LogP contribution in [0.25, 0.3) is 0 Å². The minimum absolute atomic E-state index is 0.0685. The second-order valence-corrected chi connectivity index (χ2v) is 7.68. The van der Waals surface area contributed by atoms with Crippen LogP contribution >= 0.6 is 11.8 Å². The standard InChI is InChI=1S/C19H29N3OS/c1-4-13-24-18-8-6-5-7-17(18)20-19(23)15-22-11-9-21(10-12-22)14-16(2)3/h4-8,16H,1,9-15H2,2-3H3,(H,20,23). The lowest BCUT2D eigenvalue weighted by Gasteiger charge is -2.35. The summed E-state index contributed by atoms with van der Waals surface area (Å²) < 4.78 is 0. The molecule has 1 fully saturated rings. The van der Waals surface area contributed by atoms with Crippen molar-refractivity contribution in [2.24, 2.45) is 5.92 Å². The maximum atomic E-state index is 12.4. The normalized spacial score (nSPS) is 16.3. The van der Waals surface area contributed by atoms with Gasteiger partial charge in [-0.2, -0.15) is 0 Å². The average molecular weight is 348 g/mol. The first-order chi connectivity index (χ1) is 11.6. The van der Waals surface area contributed by atoms with Crippen LogP contribution in [0.5, 0.6) is 0 Å². The number of thioether (sulfide) groups is 1. The van der Waals surface area contributed by atoms with E-state index in [-0.39, 0.29) is 5.91 Å². The number of nitrogens with zero attached hydrogens (tertiary/aromatic N) is 2. The van der Waals surface area contributed by atoms with E-state index in [1.54, 1.807) is 11.8 Å². The number of anilines is 1. The molecule has 0 bridgehead atoms. The molecule has 0 saturated carbocycles. The van der Waals surface area contributed by atoms with Gasteiger partial charge in [-0.25, -0.2) is 0 Å². The van der Waals surface area contributed by atoms with Crippen LogP contribution in [0.4, 0.5) is 5.69 Å². The summed E-state index contributed by atoms with van der Waals surface area (Å²) in [5.41, 5.74) is 0.896. The molecule has 1 amide bonds. The van der Waals surface area contributed by atoms with Gasteiger partial charge >= 0.3 is 0 Å². The molecule has 1 aromatic rings. The number of para-hydroxylation sites is 1. The van der Waals surface area contributed by atoms with Crippen molar-refractivity contribution in [3.63, 3.8) is 0 Å². The third-order valence-corrected chi connectivity index (χ3v) is 5.04. The van der Waals surface area contributed by atoms with Gasteiger partial charge in [-0.05, 0) is 18.1 Å². The van der Waals surface area contributed by atoms with Gasteiger partial charge in [0.05, 0.1) is 12.2 Å². The molecule has 24 heavy (non-hydrogen) atoms. The zero-order valence-corrected chi connectivity index (χ0v) is 15.6. The summed E-state index contributed by atoms with van der Waals surface area (Å²) in [6.07, 6.45) is 1.87. The monoisotopic (exact) mass is 347 g/mol. The molecule has 4 nitrogen and oxygen atoms in total. The van der Waals surface area contributed by atoms with E-state index in [1.165, 1.54) is 0 Å². The molecule has 132 valence electrons. The Bertz CT molecular complexity index is 539. The minimum atomic E-state index is 0.0685. The van der Waals surface area contributed by atoms with E-state index >= 15 is 0 Å². The Balaban J connectivity index is 1.81. The quantitative estimate of drug-likeness (QED) is 0.579. The number of nitrogens with one attached hydrogen (secondary N) is 1. The Labute approximate surface area is 150 Å². The van der Waals surface area contributed by atoms with Gasteiger partial charge in [0.25, 0.3) is 0 Å². The minimum Gasteiger partial charge on any atom is -0.324 e. The molecule has 1 saturated heterocycles. The van der Waals surface area contributed by atoms with Crippen LogP contribution in [0.3, 0.4) is 0 Å². The molecule has 1 heterocycles. The number of hydrogen-bond acceptors (Lipinski definition) is 4. The summed E-state index contributed by atoms with van der Waals surface area (Å²) in [4.78, 5) is 18.2. The molecule has 1 N–H and O–H groups in total. The van der Waals surface area contributed by atoms with Gasteiger partial charge in [-0.3, -0.25) is 9.69 Å². The fourth-order valence-electron chi connectivity index (χ4n) is 2.88. The molecule has 5 heteroatoms. The molecule has 0 unspecified atom stereocenters. The number of benzene rings is 1. The lowest BCUT2D eigenvalue weighted by atomic mass is 10.2. The first-order valence-corrected chi connectivity index (χ1v) is 9.64. The summed E-state index contributed by atoms with van der Waals surface area (Å²) in [5.74, 6) is 1.61. The van der Waals surface area contributed by atoms with Crippen LogP contribution < -0.4 is 5.32 Å². The molecule has 1 aromatic carbocycles. The van der Waals surface area contributed by atoms with Crippen LogP contribution in [0, 0.1) is 5.92 Å². The Hall–Kier alpha value is -1.30. The SMILES string of the molecule is C=CCSc1ccccc1NC(=O)CN1CCN(CC(C)C)CC1. The highest BCUT2D eigenvalue weighted by molar-refractivity contribution is 7.99. The molecule has 0 aliphatic carbocycles. The summed E-state index contributed by atoms with van der Waals surface area (Å²) >= 11 is 1.69. The van der Waals surface area contributed by atoms with E-state index < -0.39 is 0 Å². The first-order valence-electron chi connectivity index (χ1n) is 8.65. The Morgan fingerprint density at radius 2 is 1.92 bits per heavy atom. The van der Waals surface area contributed by atoms with Crippen molar-refractivity contribution in [1.82, 2.24) is 9.80 Å². The summed E-state index contributed by atoms with van der Waals surface area (Å²) in [7, 11) is 0. The van der Waals surface area contributed by atoms with Gasteiger partial charge in [-0.15, -0.1) is 18.3 Å². The van der Waals surface area contributed by atoms with E-state index in [0.29, 0.717) is 12.5 Å². The van der Waals surface area contributed by atoms with Gasteiger partial charge in [0.1, 0.15) is 0 Å². The fraction of sp³-hybridized carbons (Fsp3) is 0.526. The third-order valence-electron chi connectivity index (χ3n) is 3.97. The summed E-state index contributed by atoms with van der Waals surface area (Å²) in [5, 5.41) is 3.06. The second kappa shape index (κ2) is 9.87. The van der Waals surface area contributed by atoms with E-state index in [0.717, 1.165) is 49.1 Å². The topological polar surface area (TPSA) is 35.6 Å². The average Bonchev–Trinajstić information content (AvgIpc) is 2.55. The van der Waals surface area contributed by atoms with E-state index in [4.69, 9.17) is 0 Å². The van der Waals surface area contributed by atoms with E-state index in [2.05, 4.69) is 35.5 Å². The van der Waals surface area contributed by atoms with Crippen LogP contribution in [-0.2, 0) is 4.79 Å². The van der Waals surface area contributed by atoms with E-state index in [9.17, 15) is 4.79 Å². The Morgan fingerprint density at radius 3 is 2.58 bits per heavy atom. The fourth-order valence-corrected chi connectivity index (χ4v) is 3.63. The maximum Gasteiger partial charge on any atom is 0.238 e. The van der Waals surface area contributed by atoms with Crippen LogP contribution in [0.15, 0.2) is 41.8 Å². The lowest BCUT2D eigenvalue weighted by molar-refractivity contribution is -0.117. The van der Waals surface area contributed by atoms with Crippen molar-refractivity contribution < 1.29 is 4.79 Å². The van der Waals surface area contributed by atoms with Crippen molar-refractivity contribution in [2.75, 3.05) is 50.3 Å². The number of amides is 1. The zero-order valence-electron chi connectivity index (χ0n) is 14.8. The maximum absolute atomic E-state index is 12.4. The molecule has 1 aliphatic heterocycles. The van der Waals surface area contributed by atoms with Gasteiger partial charge < -0.3 is 10.2 Å². The van der Waals surface area contributed by atoms with Crippen molar-refractivity contribution in [2.45, 2.75) is 18.7 Å².